The third kappa shape index (κ3) is 1.98. The second-order valence-electron chi connectivity index (χ2n) is 3.95. The van der Waals surface area contributed by atoms with Crippen LogP contribution in [0.25, 0.3) is 11.6 Å². The fourth-order valence-corrected chi connectivity index (χ4v) is 1.77. The summed E-state index contributed by atoms with van der Waals surface area (Å²) in [6, 6.07) is 0. The molecule has 1 unspecified atom stereocenters. The van der Waals surface area contributed by atoms with Gasteiger partial charge >= 0.3 is 0 Å². The zero-order valence-electron chi connectivity index (χ0n) is 9.52. The molecule has 0 saturated carbocycles. The van der Waals surface area contributed by atoms with Gasteiger partial charge in [-0.2, -0.15) is 4.98 Å². The standard InChI is InChI=1S/C10H14N4OS/c1-4-10(3,11)9-13-8(15-14-9)7-5-16-6(2)12-7/h5H,4,11H2,1-3H3. The topological polar surface area (TPSA) is 77.8 Å². The Morgan fingerprint density at radius 2 is 2.25 bits per heavy atom. The Morgan fingerprint density at radius 1 is 1.50 bits per heavy atom. The van der Waals surface area contributed by atoms with Crippen LogP contribution in [0.4, 0.5) is 0 Å². The molecule has 0 aromatic carbocycles. The molecule has 0 radical (unpaired) electrons. The highest BCUT2D eigenvalue weighted by Gasteiger charge is 2.26. The number of nitrogens with zero attached hydrogens (tertiary/aromatic N) is 3. The van der Waals surface area contributed by atoms with Crippen molar-refractivity contribution in [1.29, 1.82) is 0 Å². The van der Waals surface area contributed by atoms with E-state index in [1.54, 1.807) is 11.3 Å². The van der Waals surface area contributed by atoms with E-state index in [1.807, 2.05) is 26.2 Å². The smallest absolute Gasteiger partial charge is 0.277 e. The maximum Gasteiger partial charge on any atom is 0.277 e. The minimum Gasteiger partial charge on any atom is -0.332 e. The van der Waals surface area contributed by atoms with Crippen LogP contribution in [0.3, 0.4) is 0 Å². The van der Waals surface area contributed by atoms with Crippen LogP contribution in [0.15, 0.2) is 9.90 Å². The third-order valence-corrected chi connectivity index (χ3v) is 3.28. The lowest BCUT2D eigenvalue weighted by molar-refractivity contribution is 0.378. The molecule has 0 saturated heterocycles. The van der Waals surface area contributed by atoms with Crippen molar-refractivity contribution in [3.8, 4) is 11.6 Å². The molecule has 16 heavy (non-hydrogen) atoms. The monoisotopic (exact) mass is 238 g/mol. The first kappa shape index (κ1) is 11.2. The summed E-state index contributed by atoms with van der Waals surface area (Å²) >= 11 is 1.55. The van der Waals surface area contributed by atoms with E-state index >= 15 is 0 Å². The highest BCUT2D eigenvalue weighted by molar-refractivity contribution is 7.09. The Kier molecular flexibility index (Phi) is 2.77. The first-order chi connectivity index (χ1) is 7.53. The van der Waals surface area contributed by atoms with Gasteiger partial charge in [-0.3, -0.25) is 0 Å². The minimum absolute atomic E-state index is 0.435. The van der Waals surface area contributed by atoms with Gasteiger partial charge in [-0.05, 0) is 20.3 Å². The van der Waals surface area contributed by atoms with E-state index in [2.05, 4.69) is 15.1 Å². The van der Waals surface area contributed by atoms with Crippen LogP contribution in [0.2, 0.25) is 0 Å². The van der Waals surface area contributed by atoms with Gasteiger partial charge in [-0.1, -0.05) is 12.1 Å². The van der Waals surface area contributed by atoms with Gasteiger partial charge in [0, 0.05) is 5.38 Å². The third-order valence-electron chi connectivity index (χ3n) is 2.51. The lowest BCUT2D eigenvalue weighted by Gasteiger charge is -2.16. The van der Waals surface area contributed by atoms with Crippen LogP contribution in [-0.4, -0.2) is 15.1 Å². The number of nitrogens with two attached hydrogens (primary N) is 1. The average molecular weight is 238 g/mol. The van der Waals surface area contributed by atoms with Crippen LogP contribution in [0.5, 0.6) is 0 Å². The predicted molar refractivity (Wildman–Crippen MR) is 62.0 cm³/mol. The maximum absolute atomic E-state index is 6.03. The molecule has 2 aromatic rings. The molecule has 6 heteroatoms. The van der Waals surface area contributed by atoms with Crippen LogP contribution >= 0.6 is 11.3 Å². The summed E-state index contributed by atoms with van der Waals surface area (Å²) in [6.07, 6.45) is 0.752. The molecule has 0 aliphatic carbocycles. The zero-order chi connectivity index (χ0) is 11.8. The van der Waals surface area contributed by atoms with Crippen molar-refractivity contribution in [3.05, 3.63) is 16.2 Å². The van der Waals surface area contributed by atoms with Gasteiger partial charge in [-0.15, -0.1) is 11.3 Å². The molecule has 0 amide bonds. The minimum atomic E-state index is -0.549. The Hall–Kier alpha value is -1.27. The lowest BCUT2D eigenvalue weighted by Crippen LogP contribution is -2.33. The molecule has 1 atom stereocenters. The van der Waals surface area contributed by atoms with Crippen molar-refractivity contribution >= 4 is 11.3 Å². The van der Waals surface area contributed by atoms with E-state index in [9.17, 15) is 0 Å². The lowest BCUT2D eigenvalue weighted by atomic mass is 10.0. The van der Waals surface area contributed by atoms with E-state index in [0.717, 1.165) is 11.4 Å². The molecule has 0 aliphatic heterocycles. The van der Waals surface area contributed by atoms with E-state index < -0.39 is 5.54 Å². The summed E-state index contributed by atoms with van der Waals surface area (Å²) in [5, 5.41) is 6.77. The first-order valence-corrected chi connectivity index (χ1v) is 5.96. The predicted octanol–water partition coefficient (Wildman–Crippen LogP) is 2.09. The van der Waals surface area contributed by atoms with Gasteiger partial charge in [0.15, 0.2) is 5.82 Å². The SMILES string of the molecule is CCC(C)(N)c1noc(-c2csc(C)n2)n1. The zero-order valence-corrected chi connectivity index (χ0v) is 10.3. The van der Waals surface area contributed by atoms with E-state index in [1.165, 1.54) is 0 Å². The Bertz CT molecular complexity index is 488. The highest BCUT2D eigenvalue weighted by atomic mass is 32.1. The van der Waals surface area contributed by atoms with Gasteiger partial charge in [0.25, 0.3) is 5.89 Å². The van der Waals surface area contributed by atoms with Crippen molar-refractivity contribution in [1.82, 2.24) is 15.1 Å². The molecule has 2 heterocycles. The highest BCUT2D eigenvalue weighted by Crippen LogP contribution is 2.23. The Morgan fingerprint density at radius 3 is 2.81 bits per heavy atom. The van der Waals surface area contributed by atoms with E-state index in [4.69, 9.17) is 10.3 Å². The largest absolute Gasteiger partial charge is 0.332 e. The molecular weight excluding hydrogens is 224 g/mol. The molecule has 5 nitrogen and oxygen atoms in total. The van der Waals surface area contributed by atoms with Gasteiger partial charge in [0.2, 0.25) is 0 Å². The van der Waals surface area contributed by atoms with Crippen molar-refractivity contribution in [2.75, 3.05) is 0 Å². The van der Waals surface area contributed by atoms with Gasteiger partial charge in [-0.25, -0.2) is 4.98 Å². The summed E-state index contributed by atoms with van der Waals surface area (Å²) in [7, 11) is 0. The molecule has 0 spiro atoms. The summed E-state index contributed by atoms with van der Waals surface area (Å²) in [5.41, 5.74) is 6.20. The Labute approximate surface area is 97.7 Å². The van der Waals surface area contributed by atoms with Gasteiger partial charge in [0.05, 0.1) is 10.5 Å². The van der Waals surface area contributed by atoms with Crippen LogP contribution in [0.1, 0.15) is 31.1 Å². The summed E-state index contributed by atoms with van der Waals surface area (Å²) < 4.78 is 5.16. The first-order valence-electron chi connectivity index (χ1n) is 5.08. The fraction of sp³-hybridized carbons (Fsp3) is 0.500. The fourth-order valence-electron chi connectivity index (χ4n) is 1.18. The van der Waals surface area contributed by atoms with Gasteiger partial charge < -0.3 is 10.3 Å². The van der Waals surface area contributed by atoms with Crippen molar-refractivity contribution in [2.24, 2.45) is 5.73 Å². The number of hydrogen-bond donors (Lipinski definition) is 1. The molecule has 0 aliphatic rings. The van der Waals surface area contributed by atoms with Crippen LogP contribution in [-0.2, 0) is 5.54 Å². The number of rotatable bonds is 3. The second-order valence-corrected chi connectivity index (χ2v) is 5.01. The van der Waals surface area contributed by atoms with Crippen molar-refractivity contribution in [3.63, 3.8) is 0 Å². The van der Waals surface area contributed by atoms with Crippen molar-refractivity contribution < 1.29 is 4.52 Å². The molecule has 0 fully saturated rings. The summed E-state index contributed by atoms with van der Waals surface area (Å²) in [4.78, 5) is 8.56. The normalized spacial score (nSPS) is 15.0. The number of hydrogen-bond acceptors (Lipinski definition) is 6. The molecule has 0 bridgehead atoms. The van der Waals surface area contributed by atoms with Gasteiger partial charge in [0.1, 0.15) is 5.69 Å². The number of aromatic nitrogens is 3. The quantitative estimate of drug-likeness (QED) is 0.885. The molecule has 86 valence electrons. The molecule has 2 rings (SSSR count). The number of thiazole rings is 1. The summed E-state index contributed by atoms with van der Waals surface area (Å²) in [5.74, 6) is 0.958. The molecule has 2 N–H and O–H groups in total. The maximum atomic E-state index is 6.03. The molecule has 2 aromatic heterocycles. The summed E-state index contributed by atoms with van der Waals surface area (Å²) in [6.45, 7) is 5.81. The number of aryl methyl sites for hydroxylation is 1. The molecular formula is C10H14N4OS. The van der Waals surface area contributed by atoms with Crippen LogP contribution in [0, 0.1) is 6.92 Å². The van der Waals surface area contributed by atoms with Crippen LogP contribution < -0.4 is 5.73 Å². The van der Waals surface area contributed by atoms with E-state index in [0.29, 0.717) is 17.4 Å². The van der Waals surface area contributed by atoms with E-state index in [-0.39, 0.29) is 0 Å². The second kappa shape index (κ2) is 3.95. The van der Waals surface area contributed by atoms with Crippen molar-refractivity contribution in [2.45, 2.75) is 32.7 Å². The Balaban J connectivity index is 2.33. The average Bonchev–Trinajstić information content (AvgIpc) is 2.85.